The number of nitrogens with one attached hydrogen (secondary N) is 1. The van der Waals surface area contributed by atoms with Crippen molar-refractivity contribution in [1.82, 2.24) is 10.1 Å². The molecule has 0 spiro atoms. The molecule has 0 radical (unpaired) electrons. The zero-order valence-electron chi connectivity index (χ0n) is 15.8. The Labute approximate surface area is 168 Å². The van der Waals surface area contributed by atoms with E-state index in [0.29, 0.717) is 24.7 Å². The monoisotopic (exact) mass is 435 g/mol. The largest absolute Gasteiger partial charge is 0.371 e. The molecule has 2 aromatic rings. The van der Waals surface area contributed by atoms with Crippen LogP contribution in [-0.4, -0.2) is 41.7 Å². The molecule has 1 amide bonds. The first kappa shape index (κ1) is 20.0. The summed E-state index contributed by atoms with van der Waals surface area (Å²) in [5.74, 6) is 1.11. The maximum Gasteiger partial charge on any atom is 0.242 e. The number of nitrogens with zero attached hydrogens (tertiary/aromatic N) is 2. The zero-order chi connectivity index (χ0) is 19.2. The van der Waals surface area contributed by atoms with E-state index in [1.54, 1.807) is 6.07 Å². The first-order valence-corrected chi connectivity index (χ1v) is 10.2. The second-order valence-corrected chi connectivity index (χ2v) is 7.79. The lowest BCUT2D eigenvalue weighted by atomic mass is 10.0. The van der Waals surface area contributed by atoms with E-state index in [2.05, 4.69) is 50.4 Å². The van der Waals surface area contributed by atoms with E-state index in [9.17, 15) is 4.79 Å². The molecule has 1 fully saturated rings. The number of aromatic nitrogens is 1. The van der Waals surface area contributed by atoms with Gasteiger partial charge >= 0.3 is 0 Å². The molecule has 2 atom stereocenters. The van der Waals surface area contributed by atoms with Crippen molar-refractivity contribution in [3.63, 3.8) is 0 Å². The fraction of sp³-hybridized carbons (Fsp3) is 0.500. The van der Waals surface area contributed by atoms with Crippen LogP contribution in [0.25, 0.3) is 0 Å². The van der Waals surface area contributed by atoms with Crippen molar-refractivity contribution in [2.24, 2.45) is 0 Å². The fourth-order valence-electron chi connectivity index (χ4n) is 3.34. The SMILES string of the molecule is CCCCC(C(=O)Nc1cc(C)on1)N1CCOC(c2ccc(Br)cc2)C1. The molecule has 1 aliphatic heterocycles. The number of anilines is 1. The highest BCUT2D eigenvalue weighted by Gasteiger charge is 2.31. The van der Waals surface area contributed by atoms with E-state index in [4.69, 9.17) is 9.26 Å². The quantitative estimate of drug-likeness (QED) is 0.701. The van der Waals surface area contributed by atoms with Gasteiger partial charge in [0, 0.05) is 23.6 Å². The molecule has 1 aromatic heterocycles. The fourth-order valence-corrected chi connectivity index (χ4v) is 3.61. The number of amides is 1. The van der Waals surface area contributed by atoms with E-state index in [0.717, 1.165) is 35.8 Å². The van der Waals surface area contributed by atoms with Crippen molar-refractivity contribution in [3.8, 4) is 0 Å². The molecule has 27 heavy (non-hydrogen) atoms. The highest BCUT2D eigenvalue weighted by Crippen LogP contribution is 2.26. The number of carbonyl (C=O) groups excluding carboxylic acids is 1. The summed E-state index contributed by atoms with van der Waals surface area (Å²) in [5, 5.41) is 6.78. The number of rotatable bonds is 7. The number of hydrogen-bond acceptors (Lipinski definition) is 5. The maximum absolute atomic E-state index is 12.9. The summed E-state index contributed by atoms with van der Waals surface area (Å²) in [5.41, 5.74) is 1.13. The van der Waals surface area contributed by atoms with Crippen LogP contribution in [0, 0.1) is 6.92 Å². The second kappa shape index (κ2) is 9.48. The first-order chi connectivity index (χ1) is 13.1. The summed E-state index contributed by atoms with van der Waals surface area (Å²) in [6.07, 6.45) is 2.83. The van der Waals surface area contributed by atoms with Crippen LogP contribution in [0.4, 0.5) is 5.82 Å². The van der Waals surface area contributed by atoms with Crippen LogP contribution in [0.5, 0.6) is 0 Å². The molecule has 1 saturated heterocycles. The van der Waals surface area contributed by atoms with Gasteiger partial charge in [0.2, 0.25) is 5.91 Å². The Morgan fingerprint density at radius 1 is 1.41 bits per heavy atom. The topological polar surface area (TPSA) is 67.6 Å². The Morgan fingerprint density at radius 2 is 2.19 bits per heavy atom. The van der Waals surface area contributed by atoms with Gasteiger partial charge in [-0.05, 0) is 31.0 Å². The summed E-state index contributed by atoms with van der Waals surface area (Å²) < 4.78 is 12.1. The number of hydrogen-bond donors (Lipinski definition) is 1. The maximum atomic E-state index is 12.9. The third kappa shape index (κ3) is 5.40. The first-order valence-electron chi connectivity index (χ1n) is 9.42. The molecule has 0 saturated carbocycles. The molecule has 146 valence electrons. The van der Waals surface area contributed by atoms with Gasteiger partial charge in [0.25, 0.3) is 0 Å². The summed E-state index contributed by atoms with van der Waals surface area (Å²) in [6.45, 7) is 6.00. The summed E-state index contributed by atoms with van der Waals surface area (Å²) in [6, 6.07) is 9.70. The minimum Gasteiger partial charge on any atom is -0.371 e. The van der Waals surface area contributed by atoms with Crippen molar-refractivity contribution >= 4 is 27.7 Å². The third-order valence-electron chi connectivity index (χ3n) is 4.79. The number of benzene rings is 1. The van der Waals surface area contributed by atoms with Crippen LogP contribution >= 0.6 is 15.9 Å². The average molecular weight is 436 g/mol. The molecular weight excluding hydrogens is 410 g/mol. The second-order valence-electron chi connectivity index (χ2n) is 6.88. The summed E-state index contributed by atoms with van der Waals surface area (Å²) in [7, 11) is 0. The summed E-state index contributed by atoms with van der Waals surface area (Å²) >= 11 is 3.47. The van der Waals surface area contributed by atoms with Gasteiger partial charge in [-0.25, -0.2) is 0 Å². The Kier molecular flexibility index (Phi) is 7.04. The molecule has 2 unspecified atom stereocenters. The molecule has 7 heteroatoms. The van der Waals surface area contributed by atoms with Crippen LogP contribution in [0.2, 0.25) is 0 Å². The lowest BCUT2D eigenvalue weighted by Crippen LogP contribution is -2.50. The molecule has 1 aliphatic rings. The van der Waals surface area contributed by atoms with Crippen LogP contribution in [0.15, 0.2) is 39.3 Å². The number of aryl methyl sites for hydroxylation is 1. The Morgan fingerprint density at radius 3 is 2.85 bits per heavy atom. The van der Waals surface area contributed by atoms with E-state index in [-0.39, 0.29) is 18.1 Å². The Balaban J connectivity index is 1.70. The standard InChI is InChI=1S/C20H26BrN3O3/c1-3-4-5-17(20(25)22-19-12-14(2)27-23-19)24-10-11-26-18(13-24)15-6-8-16(21)9-7-15/h6-9,12,17-18H,3-5,10-11,13H2,1-2H3,(H,22,23,25). The van der Waals surface area contributed by atoms with E-state index in [1.807, 2.05) is 19.1 Å². The molecule has 0 aliphatic carbocycles. The van der Waals surface area contributed by atoms with Gasteiger partial charge in [-0.2, -0.15) is 0 Å². The number of ether oxygens (including phenoxy) is 1. The van der Waals surface area contributed by atoms with Gasteiger partial charge in [0.1, 0.15) is 5.76 Å². The van der Waals surface area contributed by atoms with Gasteiger partial charge in [0.15, 0.2) is 5.82 Å². The molecule has 6 nitrogen and oxygen atoms in total. The van der Waals surface area contributed by atoms with Crippen LogP contribution in [0.1, 0.15) is 43.6 Å². The Bertz CT molecular complexity index is 747. The molecular formula is C20H26BrN3O3. The number of unbranched alkanes of at least 4 members (excludes halogenated alkanes) is 1. The minimum absolute atomic E-state index is 0.0296. The zero-order valence-corrected chi connectivity index (χ0v) is 17.4. The summed E-state index contributed by atoms with van der Waals surface area (Å²) in [4.78, 5) is 15.2. The van der Waals surface area contributed by atoms with Gasteiger partial charge in [-0.15, -0.1) is 0 Å². The predicted molar refractivity (Wildman–Crippen MR) is 108 cm³/mol. The van der Waals surface area contributed by atoms with Gasteiger partial charge in [-0.1, -0.05) is 53.0 Å². The van der Waals surface area contributed by atoms with Crippen molar-refractivity contribution in [1.29, 1.82) is 0 Å². The smallest absolute Gasteiger partial charge is 0.242 e. The normalized spacial score (nSPS) is 19.0. The van der Waals surface area contributed by atoms with Gasteiger partial charge in [0.05, 0.1) is 18.8 Å². The van der Waals surface area contributed by atoms with Crippen molar-refractivity contribution in [2.45, 2.75) is 45.3 Å². The minimum atomic E-state index is -0.205. The number of morpholine rings is 1. The lowest BCUT2D eigenvalue weighted by molar-refractivity contribution is -0.125. The van der Waals surface area contributed by atoms with Crippen molar-refractivity contribution < 1.29 is 14.1 Å². The van der Waals surface area contributed by atoms with E-state index >= 15 is 0 Å². The molecule has 1 N–H and O–H groups in total. The van der Waals surface area contributed by atoms with Crippen LogP contribution in [0.3, 0.4) is 0 Å². The van der Waals surface area contributed by atoms with Gasteiger partial charge < -0.3 is 14.6 Å². The number of carbonyl (C=O) groups is 1. The number of halogens is 1. The van der Waals surface area contributed by atoms with E-state index in [1.165, 1.54) is 0 Å². The van der Waals surface area contributed by atoms with Crippen LogP contribution < -0.4 is 5.32 Å². The molecule has 0 bridgehead atoms. The van der Waals surface area contributed by atoms with Crippen LogP contribution in [-0.2, 0) is 9.53 Å². The highest BCUT2D eigenvalue weighted by atomic mass is 79.9. The van der Waals surface area contributed by atoms with Crippen molar-refractivity contribution in [3.05, 3.63) is 46.1 Å². The molecule has 3 rings (SSSR count). The Hall–Kier alpha value is -1.70. The van der Waals surface area contributed by atoms with E-state index < -0.39 is 0 Å². The van der Waals surface area contributed by atoms with Crippen molar-refractivity contribution in [2.75, 3.05) is 25.0 Å². The average Bonchev–Trinajstić information content (AvgIpc) is 3.07. The molecule has 2 heterocycles. The predicted octanol–water partition coefficient (Wildman–Crippen LogP) is 4.32. The highest BCUT2D eigenvalue weighted by molar-refractivity contribution is 9.10. The van der Waals surface area contributed by atoms with Gasteiger partial charge in [-0.3, -0.25) is 9.69 Å². The lowest BCUT2D eigenvalue weighted by Gasteiger charge is -2.37. The third-order valence-corrected chi connectivity index (χ3v) is 5.32. The molecule has 1 aromatic carbocycles.